The van der Waals surface area contributed by atoms with Crippen LogP contribution in [0.15, 0.2) is 29.1 Å². The van der Waals surface area contributed by atoms with Crippen LogP contribution < -0.4 is 10.9 Å². The fourth-order valence-electron chi connectivity index (χ4n) is 2.00. The smallest absolute Gasteiger partial charge is 0.248 e. The molecule has 0 spiro atoms. The summed E-state index contributed by atoms with van der Waals surface area (Å²) in [6.07, 6.45) is 0.978. The van der Waals surface area contributed by atoms with E-state index in [1.54, 1.807) is 0 Å². The van der Waals surface area contributed by atoms with Gasteiger partial charge in [0.2, 0.25) is 5.56 Å². The van der Waals surface area contributed by atoms with Crippen molar-refractivity contribution in [3.05, 3.63) is 40.2 Å². The summed E-state index contributed by atoms with van der Waals surface area (Å²) in [5.74, 6) is 0. The van der Waals surface area contributed by atoms with E-state index in [1.807, 2.05) is 18.2 Å². The maximum Gasteiger partial charge on any atom is 0.248 e. The molecule has 2 rings (SSSR count). The molecule has 1 aromatic heterocycles. The van der Waals surface area contributed by atoms with Crippen molar-refractivity contribution in [3.8, 4) is 0 Å². The van der Waals surface area contributed by atoms with E-state index in [9.17, 15) is 9.18 Å². The molecule has 0 atom stereocenters. The monoisotopic (exact) mass is 262 g/mol. The molecule has 2 aromatic rings. The van der Waals surface area contributed by atoms with Crippen molar-refractivity contribution in [3.63, 3.8) is 0 Å². The number of hydrogen-bond acceptors (Lipinski definition) is 2. The number of aromatic nitrogens is 1. The Hall–Kier alpha value is -1.84. The van der Waals surface area contributed by atoms with Crippen LogP contribution in [0.1, 0.15) is 32.8 Å². The number of H-pyrrole nitrogens is 1. The lowest BCUT2D eigenvalue weighted by molar-refractivity contribution is 0.487. The molecule has 102 valence electrons. The van der Waals surface area contributed by atoms with Crippen molar-refractivity contribution in [1.82, 2.24) is 4.98 Å². The first-order chi connectivity index (χ1) is 8.95. The van der Waals surface area contributed by atoms with E-state index >= 15 is 0 Å². The molecule has 0 saturated carbocycles. The Morgan fingerprint density at radius 1 is 1.32 bits per heavy atom. The van der Waals surface area contributed by atoms with Crippen LogP contribution in [0.5, 0.6) is 0 Å². The number of aromatic amines is 1. The highest BCUT2D eigenvalue weighted by atomic mass is 19.1. The SMILES string of the molecule is CCC(C)(C)Nc1ccc2c(CF)cc(=O)[nH]c2c1. The first-order valence-electron chi connectivity index (χ1n) is 6.45. The van der Waals surface area contributed by atoms with Gasteiger partial charge in [-0.05, 0) is 38.0 Å². The summed E-state index contributed by atoms with van der Waals surface area (Å²) < 4.78 is 12.9. The van der Waals surface area contributed by atoms with Crippen LogP contribution in [0.25, 0.3) is 10.9 Å². The van der Waals surface area contributed by atoms with Gasteiger partial charge in [0.05, 0.1) is 5.52 Å². The van der Waals surface area contributed by atoms with Gasteiger partial charge >= 0.3 is 0 Å². The first-order valence-corrected chi connectivity index (χ1v) is 6.45. The zero-order valence-corrected chi connectivity index (χ0v) is 11.5. The molecular weight excluding hydrogens is 243 g/mol. The third-order valence-electron chi connectivity index (χ3n) is 3.44. The Balaban J connectivity index is 2.49. The summed E-state index contributed by atoms with van der Waals surface area (Å²) >= 11 is 0. The molecule has 0 aliphatic rings. The van der Waals surface area contributed by atoms with Crippen molar-refractivity contribution >= 4 is 16.6 Å². The molecule has 0 unspecified atom stereocenters. The molecule has 0 saturated heterocycles. The lowest BCUT2D eigenvalue weighted by Crippen LogP contribution is -2.29. The summed E-state index contributed by atoms with van der Waals surface area (Å²) in [5.41, 5.74) is 1.72. The van der Waals surface area contributed by atoms with Gasteiger partial charge in [0, 0.05) is 22.7 Å². The summed E-state index contributed by atoms with van der Waals surface area (Å²) in [6, 6.07) is 6.92. The minimum atomic E-state index is -0.631. The fraction of sp³-hybridized carbons (Fsp3) is 0.400. The Labute approximate surface area is 111 Å². The molecule has 0 aliphatic heterocycles. The Bertz CT molecular complexity index is 646. The molecule has 0 fully saturated rings. The summed E-state index contributed by atoms with van der Waals surface area (Å²) in [5, 5.41) is 4.15. The number of halogens is 1. The van der Waals surface area contributed by atoms with E-state index in [2.05, 4.69) is 31.1 Å². The van der Waals surface area contributed by atoms with Crippen molar-refractivity contribution in [2.45, 2.75) is 39.4 Å². The standard InChI is InChI=1S/C15H19FN2O/c1-4-15(2,3)18-11-5-6-12-10(9-16)7-14(19)17-13(12)8-11/h5-8,18H,4,9H2,1-3H3,(H,17,19). The van der Waals surface area contributed by atoms with Crippen LogP contribution in [0, 0.1) is 0 Å². The number of pyridine rings is 1. The highest BCUT2D eigenvalue weighted by molar-refractivity contribution is 5.85. The Morgan fingerprint density at radius 3 is 2.68 bits per heavy atom. The van der Waals surface area contributed by atoms with E-state index in [0.29, 0.717) is 11.1 Å². The molecule has 0 aliphatic carbocycles. The maximum absolute atomic E-state index is 12.9. The van der Waals surface area contributed by atoms with E-state index in [1.165, 1.54) is 6.07 Å². The van der Waals surface area contributed by atoms with Crippen LogP contribution in [0.4, 0.5) is 10.1 Å². The predicted octanol–water partition coefficient (Wildman–Crippen LogP) is 3.60. The van der Waals surface area contributed by atoms with Crippen LogP contribution in [0.2, 0.25) is 0 Å². The lowest BCUT2D eigenvalue weighted by atomic mass is 10.0. The molecule has 0 radical (unpaired) electrons. The van der Waals surface area contributed by atoms with Gasteiger partial charge in [0.15, 0.2) is 0 Å². The van der Waals surface area contributed by atoms with Crippen LogP contribution in [0.3, 0.4) is 0 Å². The molecule has 19 heavy (non-hydrogen) atoms. The molecule has 3 nitrogen and oxygen atoms in total. The second kappa shape index (κ2) is 5.03. The van der Waals surface area contributed by atoms with Gasteiger partial charge in [-0.1, -0.05) is 13.0 Å². The summed E-state index contributed by atoms with van der Waals surface area (Å²) in [4.78, 5) is 14.2. The molecule has 1 heterocycles. The fourth-order valence-corrected chi connectivity index (χ4v) is 2.00. The molecule has 4 heteroatoms. The van der Waals surface area contributed by atoms with E-state index in [-0.39, 0.29) is 11.1 Å². The van der Waals surface area contributed by atoms with Gasteiger partial charge in [0.25, 0.3) is 0 Å². The second-order valence-electron chi connectivity index (χ2n) is 5.42. The number of alkyl halides is 1. The molecule has 1 aromatic carbocycles. The third kappa shape index (κ3) is 2.95. The van der Waals surface area contributed by atoms with Gasteiger partial charge in [0.1, 0.15) is 6.67 Å². The highest BCUT2D eigenvalue weighted by Crippen LogP contribution is 2.23. The topological polar surface area (TPSA) is 44.9 Å². The average Bonchev–Trinajstić information content (AvgIpc) is 2.36. The predicted molar refractivity (Wildman–Crippen MR) is 77.4 cm³/mol. The maximum atomic E-state index is 12.9. The number of nitrogens with one attached hydrogen (secondary N) is 2. The lowest BCUT2D eigenvalue weighted by Gasteiger charge is -2.26. The number of anilines is 1. The first kappa shape index (κ1) is 13.6. The van der Waals surface area contributed by atoms with Gasteiger partial charge in [-0.25, -0.2) is 4.39 Å². The Morgan fingerprint density at radius 2 is 2.05 bits per heavy atom. The van der Waals surface area contributed by atoms with Gasteiger partial charge in [-0.3, -0.25) is 4.79 Å². The van der Waals surface area contributed by atoms with E-state index in [4.69, 9.17) is 0 Å². The molecular formula is C15H19FN2O. The number of fused-ring (bicyclic) bond motifs is 1. The minimum Gasteiger partial charge on any atom is -0.380 e. The number of hydrogen-bond donors (Lipinski definition) is 2. The zero-order chi connectivity index (χ0) is 14.0. The normalized spacial score (nSPS) is 11.8. The van der Waals surface area contributed by atoms with Gasteiger partial charge in [-0.15, -0.1) is 0 Å². The molecule has 2 N–H and O–H groups in total. The largest absolute Gasteiger partial charge is 0.380 e. The summed E-state index contributed by atoms with van der Waals surface area (Å²) in [6.45, 7) is 5.70. The Kier molecular flexibility index (Phi) is 3.60. The van der Waals surface area contributed by atoms with Crippen molar-refractivity contribution in [1.29, 1.82) is 0 Å². The van der Waals surface area contributed by atoms with Crippen LogP contribution >= 0.6 is 0 Å². The average molecular weight is 262 g/mol. The minimum absolute atomic E-state index is 0.0222. The third-order valence-corrected chi connectivity index (χ3v) is 3.44. The number of benzene rings is 1. The summed E-state index contributed by atoms with van der Waals surface area (Å²) in [7, 11) is 0. The van der Waals surface area contributed by atoms with Crippen molar-refractivity contribution < 1.29 is 4.39 Å². The van der Waals surface area contributed by atoms with E-state index in [0.717, 1.165) is 17.5 Å². The van der Waals surface area contributed by atoms with Crippen molar-refractivity contribution in [2.24, 2.45) is 0 Å². The second-order valence-corrected chi connectivity index (χ2v) is 5.42. The van der Waals surface area contributed by atoms with Crippen LogP contribution in [-0.4, -0.2) is 10.5 Å². The van der Waals surface area contributed by atoms with E-state index < -0.39 is 6.67 Å². The van der Waals surface area contributed by atoms with Crippen molar-refractivity contribution in [2.75, 3.05) is 5.32 Å². The van der Waals surface area contributed by atoms with Gasteiger partial charge < -0.3 is 10.3 Å². The highest BCUT2D eigenvalue weighted by Gasteiger charge is 2.14. The molecule has 0 amide bonds. The zero-order valence-electron chi connectivity index (χ0n) is 11.5. The quantitative estimate of drug-likeness (QED) is 0.884. The molecule has 0 bridgehead atoms. The number of rotatable bonds is 4. The van der Waals surface area contributed by atoms with Crippen LogP contribution in [-0.2, 0) is 6.67 Å². The van der Waals surface area contributed by atoms with Gasteiger partial charge in [-0.2, -0.15) is 0 Å².